The normalized spacial score (nSPS) is 11.3. The lowest BCUT2D eigenvalue weighted by Gasteiger charge is -2.10. The fourth-order valence-electron chi connectivity index (χ4n) is 2.54. The van der Waals surface area contributed by atoms with Crippen LogP contribution in [0.3, 0.4) is 0 Å². The number of rotatable bonds is 9. The summed E-state index contributed by atoms with van der Waals surface area (Å²) in [6.45, 7) is 2.77. The van der Waals surface area contributed by atoms with Crippen molar-refractivity contribution in [3.05, 3.63) is 59.7 Å². The molecule has 0 radical (unpaired) electrons. The largest absolute Gasteiger partial charge is 0.508 e. The van der Waals surface area contributed by atoms with Crippen LogP contribution in [0.4, 0.5) is 0 Å². The summed E-state index contributed by atoms with van der Waals surface area (Å²) in [5.74, 6) is -0.355. The highest BCUT2D eigenvalue weighted by atomic mass is 16.5. The van der Waals surface area contributed by atoms with Crippen LogP contribution in [0.25, 0.3) is 11.6 Å². The topological polar surface area (TPSA) is 66.8 Å². The van der Waals surface area contributed by atoms with Gasteiger partial charge < -0.3 is 14.9 Å². The number of carbonyl (C=O) groups is 1. The number of aliphatic carboxylic acids is 1. The number of unbranched alkanes of at least 4 members (excludes halogenated alkanes) is 3. The fraction of sp³-hybridized carbons (Fsp3) is 0.286. The lowest BCUT2D eigenvalue weighted by molar-refractivity contribution is -0.130. The number of carboxylic acids is 1. The van der Waals surface area contributed by atoms with Crippen molar-refractivity contribution >= 4 is 17.6 Å². The van der Waals surface area contributed by atoms with E-state index in [2.05, 4.69) is 6.92 Å². The van der Waals surface area contributed by atoms with Crippen molar-refractivity contribution in [3.63, 3.8) is 0 Å². The van der Waals surface area contributed by atoms with Gasteiger partial charge in [-0.1, -0.05) is 56.5 Å². The van der Waals surface area contributed by atoms with Gasteiger partial charge in [-0.2, -0.15) is 0 Å². The molecule has 2 aromatic carbocycles. The first kappa shape index (κ1) is 18.6. The van der Waals surface area contributed by atoms with E-state index in [4.69, 9.17) is 4.74 Å². The minimum absolute atomic E-state index is 0.0325. The Bertz CT molecular complexity index is 734. The Hall–Kier alpha value is -2.75. The highest BCUT2D eigenvalue weighted by molar-refractivity contribution is 6.20. The fourth-order valence-corrected chi connectivity index (χ4v) is 2.54. The minimum Gasteiger partial charge on any atom is -0.508 e. The molecule has 0 aliphatic carbocycles. The van der Waals surface area contributed by atoms with Crippen molar-refractivity contribution in [1.29, 1.82) is 0 Å². The van der Waals surface area contributed by atoms with Crippen molar-refractivity contribution in [1.82, 2.24) is 0 Å². The Morgan fingerprint density at radius 2 is 1.88 bits per heavy atom. The molecule has 0 unspecified atom stereocenters. The number of aromatic hydroxyl groups is 1. The van der Waals surface area contributed by atoms with Gasteiger partial charge in [-0.3, -0.25) is 0 Å². The molecule has 132 valence electrons. The van der Waals surface area contributed by atoms with Crippen molar-refractivity contribution in [2.24, 2.45) is 0 Å². The van der Waals surface area contributed by atoms with Gasteiger partial charge in [-0.05, 0) is 36.3 Å². The highest BCUT2D eigenvalue weighted by Crippen LogP contribution is 2.26. The van der Waals surface area contributed by atoms with Gasteiger partial charge in [0.05, 0.1) is 12.2 Å². The lowest BCUT2D eigenvalue weighted by atomic mass is 10.0. The van der Waals surface area contributed by atoms with Gasteiger partial charge in [0.1, 0.15) is 11.5 Å². The smallest absolute Gasteiger partial charge is 0.336 e. The van der Waals surface area contributed by atoms with E-state index in [9.17, 15) is 15.0 Å². The van der Waals surface area contributed by atoms with E-state index in [0.29, 0.717) is 23.5 Å². The summed E-state index contributed by atoms with van der Waals surface area (Å²) in [5, 5.41) is 19.2. The molecule has 0 fully saturated rings. The number of benzene rings is 2. The van der Waals surface area contributed by atoms with E-state index in [1.54, 1.807) is 18.2 Å². The number of ether oxygens (including phenoxy) is 1. The average molecular weight is 340 g/mol. The zero-order valence-corrected chi connectivity index (χ0v) is 14.4. The van der Waals surface area contributed by atoms with E-state index < -0.39 is 5.97 Å². The molecule has 4 nitrogen and oxygen atoms in total. The zero-order valence-electron chi connectivity index (χ0n) is 14.4. The van der Waals surface area contributed by atoms with Crippen LogP contribution in [0, 0.1) is 0 Å². The van der Waals surface area contributed by atoms with Crippen LogP contribution in [-0.2, 0) is 4.79 Å². The molecule has 4 heteroatoms. The van der Waals surface area contributed by atoms with Crippen LogP contribution in [0.2, 0.25) is 0 Å². The standard InChI is InChI=1S/C21H24O4/c1-2-3-4-7-13-25-20-12-6-5-9-17(20)15-19(21(23)24)16-10-8-11-18(22)14-16/h5-6,8-12,14-15,22H,2-4,7,13H2,1H3,(H,23,24)/b19-15-. The third kappa shape index (κ3) is 5.68. The Morgan fingerprint density at radius 1 is 1.08 bits per heavy atom. The van der Waals surface area contributed by atoms with E-state index in [0.717, 1.165) is 12.8 Å². The number of carboxylic acid groups (broad SMARTS) is 1. The Kier molecular flexibility index (Phi) is 7.08. The lowest BCUT2D eigenvalue weighted by Crippen LogP contribution is -2.01. The van der Waals surface area contributed by atoms with Gasteiger partial charge >= 0.3 is 5.97 Å². The van der Waals surface area contributed by atoms with Gasteiger partial charge in [-0.15, -0.1) is 0 Å². The van der Waals surface area contributed by atoms with Gasteiger partial charge in [0.2, 0.25) is 0 Å². The molecule has 0 atom stereocenters. The maximum absolute atomic E-state index is 11.7. The second-order valence-electron chi connectivity index (χ2n) is 5.86. The van der Waals surface area contributed by atoms with E-state index in [1.807, 2.05) is 24.3 Å². The molecule has 0 amide bonds. The van der Waals surface area contributed by atoms with Crippen LogP contribution >= 0.6 is 0 Å². The molecule has 2 N–H and O–H groups in total. The molecule has 0 heterocycles. The minimum atomic E-state index is -1.05. The van der Waals surface area contributed by atoms with Crippen molar-refractivity contribution in [2.75, 3.05) is 6.61 Å². The Labute approximate surface area is 148 Å². The first-order valence-corrected chi connectivity index (χ1v) is 8.58. The van der Waals surface area contributed by atoms with Crippen LogP contribution in [-0.4, -0.2) is 22.8 Å². The molecule has 2 rings (SSSR count). The summed E-state index contributed by atoms with van der Waals surface area (Å²) in [7, 11) is 0. The van der Waals surface area contributed by atoms with E-state index in [1.165, 1.54) is 25.0 Å². The second kappa shape index (κ2) is 9.52. The molecular formula is C21H24O4. The second-order valence-corrected chi connectivity index (χ2v) is 5.86. The number of phenolic OH excluding ortho intramolecular Hbond substituents is 1. The maximum Gasteiger partial charge on any atom is 0.336 e. The number of hydrogen-bond donors (Lipinski definition) is 2. The van der Waals surface area contributed by atoms with Gasteiger partial charge in [0, 0.05) is 5.56 Å². The summed E-state index contributed by atoms with van der Waals surface area (Å²) in [6, 6.07) is 13.6. The molecule has 0 bridgehead atoms. The van der Waals surface area contributed by atoms with Gasteiger partial charge in [-0.25, -0.2) is 4.79 Å². The van der Waals surface area contributed by atoms with Crippen molar-refractivity contribution in [2.45, 2.75) is 32.6 Å². The molecule has 2 aromatic rings. The van der Waals surface area contributed by atoms with Crippen LogP contribution in [0.1, 0.15) is 43.7 Å². The molecular weight excluding hydrogens is 316 g/mol. The molecule has 0 spiro atoms. The molecule has 0 saturated heterocycles. The summed E-state index contributed by atoms with van der Waals surface area (Å²) in [4.78, 5) is 11.7. The van der Waals surface area contributed by atoms with Gasteiger partial charge in [0.15, 0.2) is 0 Å². The quantitative estimate of drug-likeness (QED) is 0.384. The summed E-state index contributed by atoms with van der Waals surface area (Å²) in [5.41, 5.74) is 1.27. The SMILES string of the molecule is CCCCCCOc1ccccc1/C=C(\C(=O)O)c1cccc(O)c1. The van der Waals surface area contributed by atoms with Crippen molar-refractivity contribution < 1.29 is 19.7 Å². The van der Waals surface area contributed by atoms with E-state index >= 15 is 0 Å². The van der Waals surface area contributed by atoms with Crippen LogP contribution < -0.4 is 4.74 Å². The molecule has 0 aliphatic heterocycles. The molecule has 0 aromatic heterocycles. The number of hydrogen-bond acceptors (Lipinski definition) is 3. The first-order valence-electron chi connectivity index (χ1n) is 8.58. The van der Waals surface area contributed by atoms with E-state index in [-0.39, 0.29) is 11.3 Å². The number of para-hydroxylation sites is 1. The van der Waals surface area contributed by atoms with Crippen LogP contribution in [0.15, 0.2) is 48.5 Å². The average Bonchev–Trinajstić information content (AvgIpc) is 2.60. The monoisotopic (exact) mass is 340 g/mol. The Morgan fingerprint density at radius 3 is 2.60 bits per heavy atom. The third-order valence-electron chi connectivity index (χ3n) is 3.86. The third-order valence-corrected chi connectivity index (χ3v) is 3.86. The summed E-state index contributed by atoms with van der Waals surface area (Å²) < 4.78 is 5.84. The molecule has 0 aliphatic rings. The van der Waals surface area contributed by atoms with Gasteiger partial charge in [0.25, 0.3) is 0 Å². The molecule has 0 saturated carbocycles. The number of phenols is 1. The first-order chi connectivity index (χ1) is 12.1. The summed E-state index contributed by atoms with van der Waals surface area (Å²) in [6.07, 6.45) is 6.04. The zero-order chi connectivity index (χ0) is 18.1. The molecule has 25 heavy (non-hydrogen) atoms. The summed E-state index contributed by atoms with van der Waals surface area (Å²) >= 11 is 0. The Balaban J connectivity index is 2.23. The highest BCUT2D eigenvalue weighted by Gasteiger charge is 2.12. The van der Waals surface area contributed by atoms with Crippen molar-refractivity contribution in [3.8, 4) is 11.5 Å². The predicted molar refractivity (Wildman–Crippen MR) is 99.7 cm³/mol. The van der Waals surface area contributed by atoms with Crippen LogP contribution in [0.5, 0.6) is 11.5 Å². The maximum atomic E-state index is 11.7. The predicted octanol–water partition coefficient (Wildman–Crippen LogP) is 4.98.